The van der Waals surface area contributed by atoms with Crippen LogP contribution in [0, 0.1) is 11.8 Å². The first kappa shape index (κ1) is 15.8. The van der Waals surface area contributed by atoms with Crippen LogP contribution in [0.2, 0.25) is 0 Å². The quantitative estimate of drug-likeness (QED) is 0.859. The maximum atomic E-state index is 12.4. The highest BCUT2D eigenvalue weighted by atomic mass is 16.5. The molecule has 4 nitrogen and oxygen atoms in total. The highest BCUT2D eigenvalue weighted by molar-refractivity contribution is 5.78. The fourth-order valence-electron chi connectivity index (χ4n) is 3.59. The van der Waals surface area contributed by atoms with E-state index in [1.807, 2.05) is 4.90 Å². The minimum atomic E-state index is 0.130. The lowest BCUT2D eigenvalue weighted by atomic mass is 9.88. The second-order valence-corrected chi connectivity index (χ2v) is 6.72. The number of nitrogens with two attached hydrogens (primary N) is 1. The molecule has 1 saturated heterocycles. The summed E-state index contributed by atoms with van der Waals surface area (Å²) in [6, 6.07) is 0.207. The van der Waals surface area contributed by atoms with Crippen molar-refractivity contribution in [3.05, 3.63) is 0 Å². The fraction of sp³-hybridized carbons (Fsp3) is 0.938. The molecule has 2 N–H and O–H groups in total. The third-order valence-corrected chi connectivity index (χ3v) is 5.02. The molecule has 2 fully saturated rings. The molecule has 0 spiro atoms. The lowest BCUT2D eigenvalue weighted by molar-refractivity contribution is -0.144. The highest BCUT2D eigenvalue weighted by Crippen LogP contribution is 2.27. The van der Waals surface area contributed by atoms with E-state index < -0.39 is 0 Å². The van der Waals surface area contributed by atoms with Crippen LogP contribution in [-0.2, 0) is 9.53 Å². The number of hydrogen-bond acceptors (Lipinski definition) is 3. The van der Waals surface area contributed by atoms with E-state index in [4.69, 9.17) is 10.5 Å². The zero-order valence-electron chi connectivity index (χ0n) is 13.0. The molecule has 0 aromatic rings. The van der Waals surface area contributed by atoms with Crippen molar-refractivity contribution < 1.29 is 9.53 Å². The lowest BCUT2D eigenvalue weighted by Crippen LogP contribution is -2.50. The first-order chi connectivity index (χ1) is 9.61. The Balaban J connectivity index is 1.81. The third-order valence-electron chi connectivity index (χ3n) is 5.02. The maximum Gasteiger partial charge on any atom is 0.248 e. The van der Waals surface area contributed by atoms with Crippen molar-refractivity contribution in [1.82, 2.24) is 4.90 Å². The Morgan fingerprint density at radius 3 is 2.70 bits per heavy atom. The molecule has 0 bridgehead atoms. The smallest absolute Gasteiger partial charge is 0.248 e. The Kier molecular flexibility index (Phi) is 5.85. The van der Waals surface area contributed by atoms with Gasteiger partial charge in [0.05, 0.1) is 6.10 Å². The van der Waals surface area contributed by atoms with E-state index in [1.165, 1.54) is 19.3 Å². The summed E-state index contributed by atoms with van der Waals surface area (Å²) in [6.07, 6.45) is 7.25. The predicted molar refractivity (Wildman–Crippen MR) is 80.3 cm³/mol. The maximum absolute atomic E-state index is 12.4. The minimum absolute atomic E-state index is 0.130. The van der Waals surface area contributed by atoms with Gasteiger partial charge in [-0.15, -0.1) is 0 Å². The van der Waals surface area contributed by atoms with Crippen LogP contribution in [0.5, 0.6) is 0 Å². The van der Waals surface area contributed by atoms with Gasteiger partial charge in [-0.25, -0.2) is 0 Å². The zero-order chi connectivity index (χ0) is 14.5. The average Bonchev–Trinajstić information content (AvgIpc) is 2.46. The molecule has 2 rings (SSSR count). The largest absolute Gasteiger partial charge is 0.368 e. The van der Waals surface area contributed by atoms with Crippen LogP contribution in [0.3, 0.4) is 0 Å². The van der Waals surface area contributed by atoms with E-state index in [2.05, 4.69) is 13.8 Å². The number of likely N-dealkylation sites (tertiary alicyclic amines) is 1. The molecule has 1 amide bonds. The normalized spacial score (nSPS) is 35.0. The Morgan fingerprint density at radius 1 is 1.25 bits per heavy atom. The number of ether oxygens (including phenoxy) is 1. The van der Waals surface area contributed by atoms with Crippen molar-refractivity contribution in [3.63, 3.8) is 0 Å². The van der Waals surface area contributed by atoms with Gasteiger partial charge in [0, 0.05) is 19.1 Å². The fourth-order valence-corrected chi connectivity index (χ4v) is 3.59. The molecule has 0 aromatic heterocycles. The summed E-state index contributed by atoms with van der Waals surface area (Å²) in [7, 11) is 0. The first-order valence-electron chi connectivity index (χ1n) is 8.23. The number of rotatable bonds is 4. The molecule has 1 aliphatic heterocycles. The molecule has 1 aliphatic carbocycles. The van der Waals surface area contributed by atoms with Crippen LogP contribution in [-0.4, -0.2) is 42.6 Å². The number of amides is 1. The third kappa shape index (κ3) is 3.95. The Bertz CT molecular complexity index is 322. The highest BCUT2D eigenvalue weighted by Gasteiger charge is 2.30. The summed E-state index contributed by atoms with van der Waals surface area (Å²) in [5, 5.41) is 0. The van der Waals surface area contributed by atoms with Gasteiger partial charge in [-0.05, 0) is 37.5 Å². The predicted octanol–water partition coefficient (Wildman–Crippen LogP) is 2.17. The summed E-state index contributed by atoms with van der Waals surface area (Å²) >= 11 is 0. The Labute approximate surface area is 123 Å². The Morgan fingerprint density at radius 2 is 2.00 bits per heavy atom. The standard InChI is InChI=1S/C16H30N2O2/c1-12-7-8-18(14(9-12)10-17)16(19)11-20-15-6-4-3-5-13(15)2/h12-15H,3-11,17H2,1-2H3. The van der Waals surface area contributed by atoms with Gasteiger partial charge in [0.15, 0.2) is 0 Å². The summed E-state index contributed by atoms with van der Waals surface area (Å²) in [4.78, 5) is 14.3. The van der Waals surface area contributed by atoms with E-state index >= 15 is 0 Å². The Hall–Kier alpha value is -0.610. The van der Waals surface area contributed by atoms with Crippen molar-refractivity contribution in [2.75, 3.05) is 19.7 Å². The summed E-state index contributed by atoms with van der Waals surface area (Å²) < 4.78 is 5.90. The van der Waals surface area contributed by atoms with Crippen LogP contribution in [0.1, 0.15) is 52.4 Å². The average molecular weight is 282 g/mol. The van der Waals surface area contributed by atoms with Gasteiger partial charge in [-0.2, -0.15) is 0 Å². The van der Waals surface area contributed by atoms with Gasteiger partial charge in [0.25, 0.3) is 0 Å². The SMILES string of the molecule is CC1CCN(C(=O)COC2CCCCC2C)C(CN)C1. The van der Waals surface area contributed by atoms with Gasteiger partial charge >= 0.3 is 0 Å². The monoisotopic (exact) mass is 282 g/mol. The number of piperidine rings is 1. The van der Waals surface area contributed by atoms with Crippen molar-refractivity contribution >= 4 is 5.91 Å². The van der Waals surface area contributed by atoms with Crippen LogP contribution < -0.4 is 5.73 Å². The zero-order valence-corrected chi connectivity index (χ0v) is 13.0. The summed E-state index contributed by atoms with van der Waals surface area (Å²) in [5.74, 6) is 1.39. The first-order valence-corrected chi connectivity index (χ1v) is 8.23. The molecule has 4 unspecified atom stereocenters. The van der Waals surface area contributed by atoms with Gasteiger partial charge in [-0.3, -0.25) is 4.79 Å². The van der Waals surface area contributed by atoms with E-state index in [9.17, 15) is 4.79 Å². The minimum Gasteiger partial charge on any atom is -0.368 e. The van der Waals surface area contributed by atoms with E-state index in [0.717, 1.165) is 25.8 Å². The number of carbonyl (C=O) groups is 1. The molecular weight excluding hydrogens is 252 g/mol. The van der Waals surface area contributed by atoms with E-state index in [-0.39, 0.29) is 24.7 Å². The molecule has 0 radical (unpaired) electrons. The van der Waals surface area contributed by atoms with Crippen LogP contribution in [0.4, 0.5) is 0 Å². The van der Waals surface area contributed by atoms with Crippen LogP contribution >= 0.6 is 0 Å². The lowest BCUT2D eigenvalue weighted by Gasteiger charge is -2.38. The topological polar surface area (TPSA) is 55.6 Å². The van der Waals surface area contributed by atoms with E-state index in [1.54, 1.807) is 0 Å². The summed E-state index contributed by atoms with van der Waals surface area (Å²) in [5.41, 5.74) is 5.82. The molecule has 116 valence electrons. The molecule has 20 heavy (non-hydrogen) atoms. The van der Waals surface area contributed by atoms with Crippen molar-refractivity contribution in [3.8, 4) is 0 Å². The molecule has 1 heterocycles. The van der Waals surface area contributed by atoms with E-state index in [0.29, 0.717) is 18.4 Å². The second kappa shape index (κ2) is 7.41. The van der Waals surface area contributed by atoms with Crippen LogP contribution in [0.25, 0.3) is 0 Å². The van der Waals surface area contributed by atoms with Crippen molar-refractivity contribution in [2.45, 2.75) is 64.5 Å². The van der Waals surface area contributed by atoms with Crippen LogP contribution in [0.15, 0.2) is 0 Å². The number of hydrogen-bond donors (Lipinski definition) is 1. The van der Waals surface area contributed by atoms with Gasteiger partial charge in [0.1, 0.15) is 6.61 Å². The van der Waals surface area contributed by atoms with Crippen molar-refractivity contribution in [1.29, 1.82) is 0 Å². The van der Waals surface area contributed by atoms with Gasteiger partial charge in [0.2, 0.25) is 5.91 Å². The second-order valence-electron chi connectivity index (χ2n) is 6.72. The summed E-state index contributed by atoms with van der Waals surface area (Å²) in [6.45, 7) is 6.12. The molecule has 0 aromatic carbocycles. The van der Waals surface area contributed by atoms with Gasteiger partial charge < -0.3 is 15.4 Å². The molecule has 4 heteroatoms. The molecular formula is C16H30N2O2. The number of carbonyl (C=O) groups excluding carboxylic acids is 1. The molecule has 2 aliphatic rings. The van der Waals surface area contributed by atoms with Crippen molar-refractivity contribution in [2.24, 2.45) is 17.6 Å². The van der Waals surface area contributed by atoms with Gasteiger partial charge in [-0.1, -0.05) is 26.7 Å². The number of nitrogens with zero attached hydrogens (tertiary/aromatic N) is 1. The molecule has 4 atom stereocenters. The molecule has 1 saturated carbocycles.